The van der Waals surface area contributed by atoms with Crippen LogP contribution in [0.1, 0.15) is 62.1 Å². The average Bonchev–Trinajstić information content (AvgIpc) is 2.72. The van der Waals surface area contributed by atoms with Crippen LogP contribution in [0.2, 0.25) is 0 Å². The van der Waals surface area contributed by atoms with Crippen LogP contribution in [0.3, 0.4) is 0 Å². The van der Waals surface area contributed by atoms with Gasteiger partial charge in [-0.25, -0.2) is 0 Å². The maximum Gasteiger partial charge on any atom is 0.0486 e. The summed E-state index contributed by atoms with van der Waals surface area (Å²) in [6.07, 6.45) is 7.74. The van der Waals surface area contributed by atoms with E-state index in [4.69, 9.17) is 0 Å². The van der Waals surface area contributed by atoms with Crippen molar-refractivity contribution in [3.63, 3.8) is 0 Å². The molecular formula is C18H25N. The number of aromatic amines is 1. The Morgan fingerprint density at radius 2 is 1.95 bits per heavy atom. The molecule has 1 aromatic carbocycles. The Morgan fingerprint density at radius 1 is 1.16 bits per heavy atom. The summed E-state index contributed by atoms with van der Waals surface area (Å²) >= 11 is 0. The van der Waals surface area contributed by atoms with Crippen LogP contribution in [0.25, 0.3) is 10.9 Å². The summed E-state index contributed by atoms with van der Waals surface area (Å²) in [4.78, 5) is 3.52. The quantitative estimate of drug-likeness (QED) is 0.695. The molecule has 1 heteroatoms. The maximum atomic E-state index is 3.52. The minimum atomic E-state index is 0.436. The molecule has 0 bridgehead atoms. The Bertz CT molecular complexity index is 603. The summed E-state index contributed by atoms with van der Waals surface area (Å²) in [5, 5.41) is 1.46. The summed E-state index contributed by atoms with van der Waals surface area (Å²) in [7, 11) is 0. The van der Waals surface area contributed by atoms with Crippen LogP contribution in [0.4, 0.5) is 0 Å². The third kappa shape index (κ3) is 2.09. The predicted molar refractivity (Wildman–Crippen MR) is 82.8 cm³/mol. The van der Waals surface area contributed by atoms with Gasteiger partial charge in [-0.05, 0) is 55.2 Å². The van der Waals surface area contributed by atoms with Crippen LogP contribution in [-0.2, 0) is 0 Å². The fraction of sp³-hybridized carbons (Fsp3) is 0.556. The van der Waals surface area contributed by atoms with Gasteiger partial charge < -0.3 is 4.98 Å². The number of aromatic nitrogens is 1. The van der Waals surface area contributed by atoms with Gasteiger partial charge >= 0.3 is 0 Å². The summed E-state index contributed by atoms with van der Waals surface area (Å²) in [6.45, 7) is 9.30. The zero-order valence-corrected chi connectivity index (χ0v) is 12.6. The first-order valence-corrected chi connectivity index (χ1v) is 7.57. The first-order chi connectivity index (χ1) is 8.99. The Labute approximate surface area is 116 Å². The van der Waals surface area contributed by atoms with Gasteiger partial charge in [-0.15, -0.1) is 0 Å². The fourth-order valence-corrected chi connectivity index (χ4v) is 3.97. The van der Waals surface area contributed by atoms with Gasteiger partial charge in [0, 0.05) is 17.1 Å². The summed E-state index contributed by atoms with van der Waals surface area (Å²) in [6, 6.07) is 4.63. The van der Waals surface area contributed by atoms with E-state index in [1.807, 2.05) is 0 Å². The van der Waals surface area contributed by atoms with Crippen LogP contribution >= 0.6 is 0 Å². The van der Waals surface area contributed by atoms with Crippen molar-refractivity contribution in [1.29, 1.82) is 0 Å². The molecule has 3 rings (SSSR count). The van der Waals surface area contributed by atoms with Gasteiger partial charge in [-0.3, -0.25) is 0 Å². The molecule has 0 amide bonds. The predicted octanol–water partition coefficient (Wildman–Crippen LogP) is 5.47. The molecule has 19 heavy (non-hydrogen) atoms. The molecular weight excluding hydrogens is 230 g/mol. The highest BCUT2D eigenvalue weighted by Gasteiger charge is 2.34. The summed E-state index contributed by atoms with van der Waals surface area (Å²) in [5.41, 5.74) is 6.06. The molecule has 2 aromatic rings. The average molecular weight is 255 g/mol. The minimum Gasteiger partial charge on any atom is -0.361 e. The lowest BCUT2D eigenvalue weighted by atomic mass is 9.66. The zero-order valence-electron chi connectivity index (χ0n) is 12.6. The van der Waals surface area contributed by atoms with Crippen molar-refractivity contribution < 1.29 is 0 Å². The molecule has 1 unspecified atom stereocenters. The van der Waals surface area contributed by atoms with E-state index in [2.05, 4.69) is 51.0 Å². The second-order valence-corrected chi connectivity index (χ2v) is 7.04. The van der Waals surface area contributed by atoms with Gasteiger partial charge in [0.15, 0.2) is 0 Å². The molecule has 1 N–H and O–H groups in total. The molecule has 1 aliphatic carbocycles. The number of H-pyrrole nitrogens is 1. The normalized spacial score (nSPS) is 22.8. The van der Waals surface area contributed by atoms with Gasteiger partial charge in [-0.1, -0.05) is 38.3 Å². The molecule has 1 nitrogen and oxygen atoms in total. The number of benzene rings is 1. The van der Waals surface area contributed by atoms with E-state index in [9.17, 15) is 0 Å². The van der Waals surface area contributed by atoms with E-state index in [-0.39, 0.29) is 0 Å². The second-order valence-electron chi connectivity index (χ2n) is 7.04. The van der Waals surface area contributed by atoms with Crippen molar-refractivity contribution in [2.24, 2.45) is 5.41 Å². The highest BCUT2D eigenvalue weighted by molar-refractivity contribution is 5.87. The van der Waals surface area contributed by atoms with Crippen molar-refractivity contribution >= 4 is 10.9 Å². The first kappa shape index (κ1) is 12.8. The van der Waals surface area contributed by atoms with Crippen molar-refractivity contribution in [3.8, 4) is 0 Å². The maximum absolute atomic E-state index is 3.52. The monoisotopic (exact) mass is 255 g/mol. The van der Waals surface area contributed by atoms with Crippen molar-refractivity contribution in [2.75, 3.05) is 0 Å². The van der Waals surface area contributed by atoms with Crippen LogP contribution in [0, 0.1) is 19.3 Å². The Balaban J connectivity index is 2.15. The second kappa shape index (κ2) is 4.40. The van der Waals surface area contributed by atoms with Crippen LogP contribution in [-0.4, -0.2) is 4.98 Å². The molecule has 1 atom stereocenters. The molecule has 1 heterocycles. The van der Waals surface area contributed by atoms with E-state index in [1.54, 1.807) is 5.56 Å². The van der Waals surface area contributed by atoms with Gasteiger partial charge in [0.25, 0.3) is 0 Å². The summed E-state index contributed by atoms with van der Waals surface area (Å²) in [5.74, 6) is 0.705. The van der Waals surface area contributed by atoms with Gasteiger partial charge in [0.2, 0.25) is 0 Å². The number of nitrogens with one attached hydrogen (secondary N) is 1. The smallest absolute Gasteiger partial charge is 0.0486 e. The molecule has 1 aliphatic rings. The fourth-order valence-electron chi connectivity index (χ4n) is 3.97. The third-order valence-corrected chi connectivity index (χ3v) is 5.05. The lowest BCUT2D eigenvalue weighted by molar-refractivity contribution is 0.201. The Hall–Kier alpha value is -1.24. The molecule has 0 aliphatic heterocycles. The highest BCUT2D eigenvalue weighted by Crippen LogP contribution is 2.48. The van der Waals surface area contributed by atoms with Gasteiger partial charge in [-0.2, -0.15) is 0 Å². The number of hydrogen-bond acceptors (Lipinski definition) is 0. The Morgan fingerprint density at radius 3 is 2.68 bits per heavy atom. The van der Waals surface area contributed by atoms with E-state index in [0.29, 0.717) is 11.3 Å². The lowest BCUT2D eigenvalue weighted by Gasteiger charge is -2.38. The van der Waals surface area contributed by atoms with Crippen molar-refractivity contribution in [1.82, 2.24) is 4.98 Å². The van der Waals surface area contributed by atoms with E-state index >= 15 is 0 Å². The zero-order chi connectivity index (χ0) is 13.6. The van der Waals surface area contributed by atoms with Crippen LogP contribution in [0.5, 0.6) is 0 Å². The molecule has 1 saturated carbocycles. The van der Waals surface area contributed by atoms with Crippen molar-refractivity contribution in [2.45, 2.75) is 59.3 Å². The number of aryl methyl sites for hydroxylation is 2. The van der Waals surface area contributed by atoms with E-state index in [1.165, 1.54) is 47.7 Å². The lowest BCUT2D eigenvalue weighted by Crippen LogP contribution is -2.25. The molecule has 0 radical (unpaired) electrons. The minimum absolute atomic E-state index is 0.436. The van der Waals surface area contributed by atoms with Crippen LogP contribution in [0.15, 0.2) is 18.3 Å². The molecule has 1 fully saturated rings. The Kier molecular flexibility index (Phi) is 2.96. The van der Waals surface area contributed by atoms with Gasteiger partial charge in [0.1, 0.15) is 0 Å². The standard InChI is InChI=1S/C18H25N/c1-12-9-13(2)17-14(10-12)15(11-19-17)16-7-5-6-8-18(16,3)4/h9-11,16,19H,5-8H2,1-4H3. The topological polar surface area (TPSA) is 15.8 Å². The van der Waals surface area contributed by atoms with E-state index < -0.39 is 0 Å². The number of fused-ring (bicyclic) bond motifs is 1. The molecule has 0 spiro atoms. The summed E-state index contributed by atoms with van der Waals surface area (Å²) < 4.78 is 0. The molecule has 102 valence electrons. The highest BCUT2D eigenvalue weighted by atomic mass is 14.7. The van der Waals surface area contributed by atoms with Crippen LogP contribution < -0.4 is 0 Å². The number of hydrogen-bond donors (Lipinski definition) is 1. The SMILES string of the molecule is Cc1cc(C)c2[nH]cc(C3CCCCC3(C)C)c2c1. The number of rotatable bonds is 1. The van der Waals surface area contributed by atoms with E-state index in [0.717, 1.165) is 0 Å². The largest absolute Gasteiger partial charge is 0.361 e. The van der Waals surface area contributed by atoms with Gasteiger partial charge in [0.05, 0.1) is 0 Å². The first-order valence-electron chi connectivity index (χ1n) is 7.57. The molecule has 0 saturated heterocycles. The third-order valence-electron chi connectivity index (χ3n) is 5.05. The molecule has 1 aromatic heterocycles. The van der Waals surface area contributed by atoms with Crippen molar-refractivity contribution in [3.05, 3.63) is 35.0 Å².